The summed E-state index contributed by atoms with van der Waals surface area (Å²) in [6, 6.07) is 3.96. The van der Waals surface area contributed by atoms with Crippen molar-refractivity contribution >= 4 is 5.97 Å². The highest BCUT2D eigenvalue weighted by Crippen LogP contribution is 2.37. The van der Waals surface area contributed by atoms with Gasteiger partial charge in [-0.15, -0.1) is 0 Å². The first-order valence-electron chi connectivity index (χ1n) is 10.4. The number of rotatable bonds is 10. The molecule has 1 heterocycles. The Morgan fingerprint density at radius 2 is 1.80 bits per heavy atom. The van der Waals surface area contributed by atoms with Gasteiger partial charge in [0.25, 0.3) is 0 Å². The van der Waals surface area contributed by atoms with E-state index in [1.54, 1.807) is 6.20 Å². The second kappa shape index (κ2) is 11.3. The fourth-order valence-corrected chi connectivity index (χ4v) is 3.80. The minimum absolute atomic E-state index is 0.153. The zero-order valence-electron chi connectivity index (χ0n) is 16.1. The Kier molecular flexibility index (Phi) is 8.99. The van der Waals surface area contributed by atoms with Crippen molar-refractivity contribution in [1.82, 2.24) is 4.98 Å². The molecule has 3 heteroatoms. The summed E-state index contributed by atoms with van der Waals surface area (Å²) in [5.41, 5.74) is 1.16. The lowest BCUT2D eigenvalue weighted by Gasteiger charge is -2.28. The highest BCUT2D eigenvalue weighted by Gasteiger charge is 2.23. The van der Waals surface area contributed by atoms with Crippen molar-refractivity contribution in [3.05, 3.63) is 24.0 Å². The number of carbonyl (C=O) groups is 1. The van der Waals surface area contributed by atoms with Gasteiger partial charge in [-0.25, -0.2) is 0 Å². The molecule has 0 bridgehead atoms. The smallest absolute Gasteiger partial charge is 0.311 e. The van der Waals surface area contributed by atoms with Crippen LogP contribution in [0.4, 0.5) is 0 Å². The summed E-state index contributed by atoms with van der Waals surface area (Å²) in [6.07, 6.45) is 16.2. The molecule has 0 radical (unpaired) electrons. The topological polar surface area (TPSA) is 39.2 Å². The summed E-state index contributed by atoms with van der Waals surface area (Å²) < 4.78 is 5.34. The molecule has 1 aliphatic rings. The molecule has 3 nitrogen and oxygen atoms in total. The van der Waals surface area contributed by atoms with Crippen LogP contribution in [-0.2, 0) is 4.79 Å². The molecule has 0 N–H and O–H groups in total. The van der Waals surface area contributed by atoms with Crippen LogP contribution in [0.2, 0.25) is 0 Å². The number of pyridine rings is 1. The van der Waals surface area contributed by atoms with Crippen molar-refractivity contribution < 1.29 is 9.53 Å². The van der Waals surface area contributed by atoms with E-state index < -0.39 is 0 Å². The molecule has 25 heavy (non-hydrogen) atoms. The number of hydrogen-bond acceptors (Lipinski definition) is 3. The third kappa shape index (κ3) is 7.17. The van der Waals surface area contributed by atoms with Gasteiger partial charge in [0.1, 0.15) is 5.75 Å². The lowest BCUT2D eigenvalue weighted by molar-refractivity contribution is -0.134. The SMILES string of the molecule is CCCCCC[C@H]1CC[C@H](c2ccc(OC(=O)CCCC)cn2)CC1. The van der Waals surface area contributed by atoms with Crippen LogP contribution in [-0.4, -0.2) is 11.0 Å². The first-order chi connectivity index (χ1) is 12.2. The second-order valence-electron chi connectivity index (χ2n) is 7.56. The zero-order valence-corrected chi connectivity index (χ0v) is 16.1. The molecule has 0 atom stereocenters. The summed E-state index contributed by atoms with van der Waals surface area (Å²) in [5.74, 6) is 1.93. The number of unbranched alkanes of at least 4 members (excludes halogenated alkanes) is 4. The number of carbonyl (C=O) groups excluding carboxylic acids is 1. The molecule has 0 aromatic carbocycles. The third-order valence-electron chi connectivity index (χ3n) is 5.46. The lowest BCUT2D eigenvalue weighted by Crippen LogP contribution is -2.14. The van der Waals surface area contributed by atoms with Crippen molar-refractivity contribution in [2.45, 2.75) is 96.8 Å². The average molecular weight is 346 g/mol. The van der Waals surface area contributed by atoms with Gasteiger partial charge in [0.15, 0.2) is 0 Å². The largest absolute Gasteiger partial charge is 0.425 e. The van der Waals surface area contributed by atoms with E-state index in [-0.39, 0.29) is 5.97 Å². The molecule has 140 valence electrons. The maximum atomic E-state index is 11.7. The third-order valence-corrected chi connectivity index (χ3v) is 5.46. The number of nitrogens with zero attached hydrogens (tertiary/aromatic N) is 1. The van der Waals surface area contributed by atoms with Crippen LogP contribution in [0.1, 0.15) is 103 Å². The Hall–Kier alpha value is -1.38. The van der Waals surface area contributed by atoms with E-state index in [1.165, 1.54) is 57.8 Å². The van der Waals surface area contributed by atoms with Crippen molar-refractivity contribution in [3.8, 4) is 5.75 Å². The Morgan fingerprint density at radius 1 is 1.04 bits per heavy atom. The highest BCUT2D eigenvalue weighted by molar-refractivity contribution is 5.72. The predicted octanol–water partition coefficient (Wildman–Crippen LogP) is 6.42. The number of aromatic nitrogens is 1. The Morgan fingerprint density at radius 3 is 2.44 bits per heavy atom. The van der Waals surface area contributed by atoms with E-state index in [4.69, 9.17) is 4.74 Å². The van der Waals surface area contributed by atoms with Gasteiger partial charge in [-0.1, -0.05) is 52.4 Å². The van der Waals surface area contributed by atoms with Crippen molar-refractivity contribution in [1.29, 1.82) is 0 Å². The van der Waals surface area contributed by atoms with E-state index in [0.717, 1.165) is 24.5 Å². The number of hydrogen-bond donors (Lipinski definition) is 0. The van der Waals surface area contributed by atoms with Crippen LogP contribution in [0.5, 0.6) is 5.75 Å². The molecule has 0 aliphatic heterocycles. The van der Waals surface area contributed by atoms with E-state index in [1.807, 2.05) is 6.07 Å². The molecule has 0 spiro atoms. The minimum atomic E-state index is -0.153. The Labute approximate surface area is 153 Å². The maximum Gasteiger partial charge on any atom is 0.311 e. The van der Waals surface area contributed by atoms with Crippen LogP contribution in [0.25, 0.3) is 0 Å². The van der Waals surface area contributed by atoms with Gasteiger partial charge in [-0.05, 0) is 50.2 Å². The summed E-state index contributed by atoms with van der Waals surface area (Å²) in [7, 11) is 0. The van der Waals surface area contributed by atoms with Crippen LogP contribution < -0.4 is 4.74 Å². The summed E-state index contributed by atoms with van der Waals surface area (Å²) in [4.78, 5) is 16.2. The maximum absolute atomic E-state index is 11.7. The average Bonchev–Trinajstić information content (AvgIpc) is 2.65. The highest BCUT2D eigenvalue weighted by atomic mass is 16.5. The van der Waals surface area contributed by atoms with Gasteiger partial charge in [0, 0.05) is 18.0 Å². The van der Waals surface area contributed by atoms with Gasteiger partial charge in [0.05, 0.1) is 6.20 Å². The monoisotopic (exact) mass is 345 g/mol. The van der Waals surface area contributed by atoms with E-state index in [0.29, 0.717) is 18.1 Å². The molecule has 1 fully saturated rings. The standard InChI is InChI=1S/C22H35NO2/c1-3-5-7-8-9-18-11-13-19(14-12-18)21-16-15-20(17-23-21)25-22(24)10-6-4-2/h15-19H,3-14H2,1-2H3/t18-,19-. The fourth-order valence-electron chi connectivity index (χ4n) is 3.80. The van der Waals surface area contributed by atoms with Gasteiger partial charge < -0.3 is 4.74 Å². The van der Waals surface area contributed by atoms with Crippen LogP contribution in [0, 0.1) is 5.92 Å². The van der Waals surface area contributed by atoms with E-state index in [9.17, 15) is 4.79 Å². The van der Waals surface area contributed by atoms with Gasteiger partial charge >= 0.3 is 5.97 Å². The molecule has 1 aliphatic carbocycles. The Bertz CT molecular complexity index is 489. The predicted molar refractivity (Wildman–Crippen MR) is 103 cm³/mol. The Balaban J connectivity index is 1.73. The molecule has 1 aromatic heterocycles. The quantitative estimate of drug-likeness (QED) is 0.363. The zero-order chi connectivity index (χ0) is 17.9. The van der Waals surface area contributed by atoms with Gasteiger partial charge in [-0.3, -0.25) is 9.78 Å². The second-order valence-corrected chi connectivity index (χ2v) is 7.56. The van der Waals surface area contributed by atoms with Crippen molar-refractivity contribution in [2.75, 3.05) is 0 Å². The van der Waals surface area contributed by atoms with E-state index >= 15 is 0 Å². The van der Waals surface area contributed by atoms with Crippen LogP contribution in [0.3, 0.4) is 0 Å². The van der Waals surface area contributed by atoms with Crippen molar-refractivity contribution in [3.63, 3.8) is 0 Å². The molecule has 1 aromatic rings. The normalized spacial score (nSPS) is 20.4. The first-order valence-corrected chi connectivity index (χ1v) is 10.4. The molecule has 0 unspecified atom stereocenters. The van der Waals surface area contributed by atoms with E-state index in [2.05, 4.69) is 24.9 Å². The number of esters is 1. The molecular formula is C22H35NO2. The summed E-state index contributed by atoms with van der Waals surface area (Å²) in [6.45, 7) is 4.35. The lowest BCUT2D eigenvalue weighted by atomic mass is 9.78. The fraction of sp³-hybridized carbons (Fsp3) is 0.727. The summed E-state index contributed by atoms with van der Waals surface area (Å²) in [5, 5.41) is 0. The van der Waals surface area contributed by atoms with Crippen LogP contribution >= 0.6 is 0 Å². The van der Waals surface area contributed by atoms with Crippen molar-refractivity contribution in [2.24, 2.45) is 5.92 Å². The number of ether oxygens (including phenoxy) is 1. The first kappa shape index (κ1) is 19.9. The molecular weight excluding hydrogens is 310 g/mol. The van der Waals surface area contributed by atoms with Crippen LogP contribution in [0.15, 0.2) is 18.3 Å². The van der Waals surface area contributed by atoms with Gasteiger partial charge in [-0.2, -0.15) is 0 Å². The van der Waals surface area contributed by atoms with Gasteiger partial charge in [0.2, 0.25) is 0 Å². The molecule has 0 amide bonds. The molecule has 2 rings (SSSR count). The molecule has 0 saturated heterocycles. The summed E-state index contributed by atoms with van der Waals surface area (Å²) >= 11 is 0. The minimum Gasteiger partial charge on any atom is -0.425 e. The molecule has 1 saturated carbocycles.